The molecule has 0 amide bonds. The van der Waals surface area contributed by atoms with E-state index in [4.69, 9.17) is 4.74 Å². The molecule has 1 aromatic rings. The fourth-order valence-corrected chi connectivity index (χ4v) is 3.58. The summed E-state index contributed by atoms with van der Waals surface area (Å²) >= 11 is 5.23. The lowest BCUT2D eigenvalue weighted by molar-refractivity contribution is 0.425. The van der Waals surface area contributed by atoms with Crippen molar-refractivity contribution in [2.75, 3.05) is 13.7 Å². The highest BCUT2D eigenvalue weighted by Crippen LogP contribution is 2.35. The maximum absolute atomic E-state index is 5.24. The Bertz CT molecular complexity index is 307. The summed E-state index contributed by atoms with van der Waals surface area (Å²) in [6.45, 7) is 1.17. The zero-order valence-corrected chi connectivity index (χ0v) is 10.6. The van der Waals surface area contributed by atoms with Crippen LogP contribution in [-0.2, 0) is 6.42 Å². The number of rotatable bonds is 3. The Kier molecular flexibility index (Phi) is 3.47. The number of halogens is 1. The number of thiophene rings is 1. The average molecular weight is 276 g/mol. The number of hydrogen-bond donors (Lipinski definition) is 1. The maximum Gasteiger partial charge on any atom is 0.188 e. The van der Waals surface area contributed by atoms with Crippen molar-refractivity contribution in [1.82, 2.24) is 5.32 Å². The van der Waals surface area contributed by atoms with Crippen molar-refractivity contribution in [2.24, 2.45) is 0 Å². The molecule has 1 N–H and O–H groups in total. The first-order valence-corrected chi connectivity index (χ1v) is 6.46. The van der Waals surface area contributed by atoms with Gasteiger partial charge in [0.2, 0.25) is 0 Å². The van der Waals surface area contributed by atoms with Gasteiger partial charge in [0.15, 0.2) is 5.06 Å². The topological polar surface area (TPSA) is 21.3 Å². The van der Waals surface area contributed by atoms with E-state index in [1.54, 1.807) is 18.4 Å². The van der Waals surface area contributed by atoms with Crippen molar-refractivity contribution in [2.45, 2.75) is 25.3 Å². The monoisotopic (exact) mass is 275 g/mol. The largest absolute Gasteiger partial charge is 0.486 e. The lowest BCUT2D eigenvalue weighted by Crippen LogP contribution is -2.23. The predicted octanol–water partition coefficient (Wildman–Crippen LogP) is 2.81. The van der Waals surface area contributed by atoms with E-state index in [9.17, 15) is 0 Å². The fourth-order valence-electron chi connectivity index (χ4n) is 1.81. The van der Waals surface area contributed by atoms with Crippen LogP contribution < -0.4 is 10.1 Å². The molecule has 0 bridgehead atoms. The predicted molar refractivity (Wildman–Crippen MR) is 63.3 cm³/mol. The molecule has 1 aromatic heterocycles. The molecular weight excluding hydrogens is 262 g/mol. The highest BCUT2D eigenvalue weighted by atomic mass is 79.9. The molecule has 14 heavy (non-hydrogen) atoms. The molecule has 1 atom stereocenters. The van der Waals surface area contributed by atoms with E-state index in [1.807, 2.05) is 0 Å². The number of nitrogens with one attached hydrogen (secondary N) is 1. The molecule has 2 nitrogen and oxygen atoms in total. The Morgan fingerprint density at radius 3 is 3.14 bits per heavy atom. The summed E-state index contributed by atoms with van der Waals surface area (Å²) in [7, 11) is 1.72. The van der Waals surface area contributed by atoms with E-state index in [2.05, 4.69) is 27.3 Å². The second kappa shape index (κ2) is 4.64. The normalized spacial score (nSPS) is 21.4. The first-order valence-electron chi connectivity index (χ1n) is 4.85. The third-order valence-electron chi connectivity index (χ3n) is 2.50. The van der Waals surface area contributed by atoms with Crippen LogP contribution in [0.1, 0.15) is 17.7 Å². The van der Waals surface area contributed by atoms with Crippen LogP contribution in [0.15, 0.2) is 10.5 Å². The van der Waals surface area contributed by atoms with Gasteiger partial charge < -0.3 is 10.1 Å². The van der Waals surface area contributed by atoms with E-state index in [0.717, 1.165) is 16.0 Å². The smallest absolute Gasteiger partial charge is 0.188 e. The van der Waals surface area contributed by atoms with Crippen LogP contribution in [0.3, 0.4) is 0 Å². The SMILES string of the molecule is COc1sc(CC2CCCN2)cc1Br. The average Bonchev–Trinajstić information content (AvgIpc) is 2.76. The summed E-state index contributed by atoms with van der Waals surface area (Å²) in [5, 5.41) is 4.49. The van der Waals surface area contributed by atoms with E-state index in [0.29, 0.717) is 6.04 Å². The zero-order chi connectivity index (χ0) is 9.97. The lowest BCUT2D eigenvalue weighted by Gasteiger charge is -2.06. The van der Waals surface area contributed by atoms with Gasteiger partial charge in [-0.1, -0.05) is 0 Å². The summed E-state index contributed by atoms with van der Waals surface area (Å²) in [6.07, 6.45) is 3.75. The van der Waals surface area contributed by atoms with E-state index < -0.39 is 0 Å². The molecule has 0 spiro atoms. The third kappa shape index (κ3) is 2.30. The van der Waals surface area contributed by atoms with Gasteiger partial charge in [-0.2, -0.15) is 0 Å². The third-order valence-corrected chi connectivity index (χ3v) is 4.47. The molecule has 0 aliphatic carbocycles. The van der Waals surface area contributed by atoms with Crippen LogP contribution in [0.5, 0.6) is 5.06 Å². The van der Waals surface area contributed by atoms with Crippen LogP contribution in [-0.4, -0.2) is 19.7 Å². The van der Waals surface area contributed by atoms with Gasteiger partial charge in [-0.15, -0.1) is 11.3 Å². The standard InChI is InChI=1S/C10H14BrNOS/c1-13-10-9(11)6-8(14-10)5-7-3-2-4-12-7/h6-7,12H,2-5H2,1H3. The minimum absolute atomic E-state index is 0.672. The van der Waals surface area contributed by atoms with Gasteiger partial charge in [0.1, 0.15) is 0 Å². The Labute approximate surface area is 96.8 Å². The molecule has 1 fully saturated rings. The zero-order valence-electron chi connectivity index (χ0n) is 8.18. The Hall–Kier alpha value is -0.0600. The number of ether oxygens (including phenoxy) is 1. The van der Waals surface area contributed by atoms with Gasteiger partial charge in [0.25, 0.3) is 0 Å². The lowest BCUT2D eigenvalue weighted by atomic mass is 10.1. The van der Waals surface area contributed by atoms with Crippen molar-refractivity contribution in [3.05, 3.63) is 15.4 Å². The summed E-state index contributed by atoms with van der Waals surface area (Å²) in [5.74, 6) is 0. The van der Waals surface area contributed by atoms with Gasteiger partial charge in [0, 0.05) is 10.9 Å². The molecular formula is C10H14BrNOS. The maximum atomic E-state index is 5.24. The van der Waals surface area contributed by atoms with Gasteiger partial charge in [-0.25, -0.2) is 0 Å². The molecule has 2 rings (SSSR count). The highest BCUT2D eigenvalue weighted by molar-refractivity contribution is 9.10. The molecule has 78 valence electrons. The summed E-state index contributed by atoms with van der Waals surface area (Å²) in [4.78, 5) is 1.40. The fraction of sp³-hybridized carbons (Fsp3) is 0.600. The van der Waals surface area contributed by atoms with Crippen LogP contribution in [0.4, 0.5) is 0 Å². The molecule has 0 aromatic carbocycles. The number of methoxy groups -OCH3 is 1. The van der Waals surface area contributed by atoms with Crippen LogP contribution in [0, 0.1) is 0 Å². The molecule has 1 aliphatic rings. The number of hydrogen-bond acceptors (Lipinski definition) is 3. The second-order valence-electron chi connectivity index (χ2n) is 3.55. The van der Waals surface area contributed by atoms with Crippen LogP contribution in [0.2, 0.25) is 0 Å². The first-order chi connectivity index (χ1) is 6.79. The van der Waals surface area contributed by atoms with Crippen LogP contribution in [0.25, 0.3) is 0 Å². The Morgan fingerprint density at radius 2 is 2.57 bits per heavy atom. The van der Waals surface area contributed by atoms with Crippen molar-refractivity contribution < 1.29 is 4.74 Å². The summed E-state index contributed by atoms with van der Waals surface area (Å²) < 4.78 is 6.32. The highest BCUT2D eigenvalue weighted by Gasteiger charge is 2.16. The van der Waals surface area contributed by atoms with Crippen molar-refractivity contribution >= 4 is 27.3 Å². The van der Waals surface area contributed by atoms with Crippen molar-refractivity contribution in [3.63, 3.8) is 0 Å². The first kappa shape index (κ1) is 10.5. The summed E-state index contributed by atoms with van der Waals surface area (Å²) in [6, 6.07) is 2.84. The Morgan fingerprint density at radius 1 is 1.71 bits per heavy atom. The van der Waals surface area contributed by atoms with Gasteiger partial charge >= 0.3 is 0 Å². The molecule has 0 saturated carbocycles. The molecule has 1 aliphatic heterocycles. The van der Waals surface area contributed by atoms with Crippen molar-refractivity contribution in [1.29, 1.82) is 0 Å². The molecule has 1 saturated heterocycles. The Balaban J connectivity index is 2.01. The molecule has 2 heterocycles. The van der Waals surface area contributed by atoms with Crippen LogP contribution >= 0.6 is 27.3 Å². The van der Waals surface area contributed by atoms with E-state index in [-0.39, 0.29) is 0 Å². The van der Waals surface area contributed by atoms with Gasteiger partial charge in [-0.3, -0.25) is 0 Å². The van der Waals surface area contributed by atoms with Gasteiger partial charge in [0.05, 0.1) is 11.6 Å². The minimum Gasteiger partial charge on any atom is -0.486 e. The van der Waals surface area contributed by atoms with E-state index >= 15 is 0 Å². The molecule has 4 heteroatoms. The minimum atomic E-state index is 0.672. The van der Waals surface area contributed by atoms with Crippen molar-refractivity contribution in [3.8, 4) is 5.06 Å². The summed E-state index contributed by atoms with van der Waals surface area (Å²) in [5.41, 5.74) is 0. The second-order valence-corrected chi connectivity index (χ2v) is 5.50. The molecule has 1 unspecified atom stereocenters. The van der Waals surface area contributed by atoms with E-state index in [1.165, 1.54) is 24.3 Å². The quantitative estimate of drug-likeness (QED) is 0.916. The van der Waals surface area contributed by atoms with Gasteiger partial charge in [-0.05, 0) is 47.8 Å². The molecule has 0 radical (unpaired) electrons.